The molecule has 0 radical (unpaired) electrons. The van der Waals surface area contributed by atoms with E-state index in [1.54, 1.807) is 24.1 Å². The van der Waals surface area contributed by atoms with Crippen LogP contribution in [0.4, 0.5) is 0 Å². The van der Waals surface area contributed by atoms with Crippen molar-refractivity contribution in [2.75, 3.05) is 7.11 Å². The van der Waals surface area contributed by atoms with Gasteiger partial charge in [0.15, 0.2) is 5.69 Å². The van der Waals surface area contributed by atoms with Crippen LogP contribution >= 0.6 is 0 Å². The highest BCUT2D eigenvalue weighted by Crippen LogP contribution is 2.31. The zero-order valence-electron chi connectivity index (χ0n) is 14.5. The summed E-state index contributed by atoms with van der Waals surface area (Å²) in [5.41, 5.74) is 3.99. The van der Waals surface area contributed by atoms with E-state index >= 15 is 0 Å². The Balaban J connectivity index is 1.83. The lowest BCUT2D eigenvalue weighted by molar-refractivity contribution is 0.0944. The Hall–Kier alpha value is -3.15. The van der Waals surface area contributed by atoms with E-state index in [1.807, 2.05) is 50.4 Å². The number of ether oxygens (including phenoxy) is 1. The number of carbonyl (C=O) groups excluding carboxylic acids is 1. The molecule has 0 saturated heterocycles. The summed E-state index contributed by atoms with van der Waals surface area (Å²) in [5.74, 6) is 0.508. The number of benzene rings is 1. The van der Waals surface area contributed by atoms with E-state index in [1.165, 1.54) is 0 Å². The molecule has 25 heavy (non-hydrogen) atoms. The fraction of sp³-hybridized carbons (Fsp3) is 0.211. The van der Waals surface area contributed by atoms with Gasteiger partial charge in [-0.3, -0.25) is 14.5 Å². The summed E-state index contributed by atoms with van der Waals surface area (Å²) in [7, 11) is 3.44. The average Bonchev–Trinajstić information content (AvgIpc) is 3.02. The molecule has 0 saturated carbocycles. The molecule has 0 aliphatic rings. The number of pyridine rings is 1. The van der Waals surface area contributed by atoms with Crippen LogP contribution in [0.2, 0.25) is 0 Å². The van der Waals surface area contributed by atoms with E-state index in [4.69, 9.17) is 4.74 Å². The number of aromatic nitrogens is 3. The molecular formula is C19H20N4O2. The molecular weight excluding hydrogens is 316 g/mol. The highest BCUT2D eigenvalue weighted by Gasteiger charge is 2.16. The molecule has 6 heteroatoms. The third kappa shape index (κ3) is 3.68. The van der Waals surface area contributed by atoms with Crippen LogP contribution < -0.4 is 10.1 Å². The van der Waals surface area contributed by atoms with E-state index in [9.17, 15) is 4.79 Å². The second-order valence-corrected chi connectivity index (χ2v) is 5.75. The van der Waals surface area contributed by atoms with E-state index in [0.29, 0.717) is 12.2 Å². The fourth-order valence-corrected chi connectivity index (χ4v) is 2.62. The Bertz CT molecular complexity index is 888. The molecule has 0 spiro atoms. The largest absolute Gasteiger partial charge is 0.496 e. The Morgan fingerprint density at radius 2 is 2.08 bits per heavy atom. The van der Waals surface area contributed by atoms with Gasteiger partial charge in [0.2, 0.25) is 0 Å². The molecule has 3 rings (SSSR count). The minimum Gasteiger partial charge on any atom is -0.496 e. The number of amides is 1. The fourth-order valence-electron chi connectivity index (χ4n) is 2.62. The summed E-state index contributed by atoms with van der Waals surface area (Å²) >= 11 is 0. The lowest BCUT2D eigenvalue weighted by Gasteiger charge is -2.09. The maximum Gasteiger partial charge on any atom is 0.272 e. The molecule has 0 aliphatic carbocycles. The summed E-state index contributed by atoms with van der Waals surface area (Å²) in [6.07, 6.45) is 1.70. The molecule has 1 aromatic carbocycles. The average molecular weight is 336 g/mol. The maximum atomic E-state index is 12.4. The van der Waals surface area contributed by atoms with Crippen molar-refractivity contribution in [1.29, 1.82) is 0 Å². The number of hydrogen-bond acceptors (Lipinski definition) is 4. The SMILES string of the molecule is COc1ccc(C)cc1-c1cc(C(=O)NCc2ccccn2)nn1C. The molecule has 3 aromatic rings. The summed E-state index contributed by atoms with van der Waals surface area (Å²) in [5, 5.41) is 7.17. The molecule has 0 atom stereocenters. The number of rotatable bonds is 5. The first kappa shape index (κ1) is 16.7. The van der Waals surface area contributed by atoms with Crippen molar-refractivity contribution in [3.63, 3.8) is 0 Å². The smallest absolute Gasteiger partial charge is 0.272 e. The van der Waals surface area contributed by atoms with Gasteiger partial charge in [-0.2, -0.15) is 5.10 Å². The molecule has 128 valence electrons. The van der Waals surface area contributed by atoms with Crippen molar-refractivity contribution in [1.82, 2.24) is 20.1 Å². The van der Waals surface area contributed by atoms with E-state index < -0.39 is 0 Å². The Kier molecular flexibility index (Phi) is 4.79. The lowest BCUT2D eigenvalue weighted by Crippen LogP contribution is -2.23. The normalized spacial score (nSPS) is 10.5. The quantitative estimate of drug-likeness (QED) is 0.778. The van der Waals surface area contributed by atoms with E-state index in [-0.39, 0.29) is 5.91 Å². The van der Waals surface area contributed by atoms with Crippen LogP contribution in [0, 0.1) is 6.92 Å². The summed E-state index contributed by atoms with van der Waals surface area (Å²) in [6.45, 7) is 2.37. The molecule has 0 bridgehead atoms. The number of aryl methyl sites for hydroxylation is 2. The van der Waals surface area contributed by atoms with Crippen LogP contribution in [0.5, 0.6) is 5.75 Å². The number of nitrogens with one attached hydrogen (secondary N) is 1. The first-order chi connectivity index (χ1) is 12.1. The minimum absolute atomic E-state index is 0.237. The summed E-state index contributed by atoms with van der Waals surface area (Å²) in [4.78, 5) is 16.6. The van der Waals surface area contributed by atoms with Crippen molar-refractivity contribution in [2.24, 2.45) is 7.05 Å². The van der Waals surface area contributed by atoms with Gasteiger partial charge in [0.25, 0.3) is 5.91 Å². The molecule has 0 unspecified atom stereocenters. The van der Waals surface area contributed by atoms with Crippen molar-refractivity contribution >= 4 is 5.91 Å². The van der Waals surface area contributed by atoms with Crippen molar-refractivity contribution < 1.29 is 9.53 Å². The molecule has 0 aliphatic heterocycles. The number of methoxy groups -OCH3 is 1. The van der Waals surface area contributed by atoms with Crippen LogP contribution in [0.1, 0.15) is 21.7 Å². The standard InChI is InChI=1S/C19H20N4O2/c1-13-7-8-18(25-3)15(10-13)17-11-16(22-23(17)2)19(24)21-12-14-6-4-5-9-20-14/h4-11H,12H2,1-3H3,(H,21,24). The first-order valence-corrected chi connectivity index (χ1v) is 7.95. The molecule has 1 amide bonds. The molecule has 1 N–H and O–H groups in total. The van der Waals surface area contributed by atoms with Gasteiger partial charge in [0.05, 0.1) is 25.0 Å². The van der Waals surface area contributed by atoms with E-state index in [2.05, 4.69) is 15.4 Å². The van der Waals surface area contributed by atoms with Gasteiger partial charge in [-0.25, -0.2) is 0 Å². The Morgan fingerprint density at radius 1 is 1.24 bits per heavy atom. The molecule has 2 aromatic heterocycles. The monoisotopic (exact) mass is 336 g/mol. The predicted octanol–water partition coefficient (Wildman–Crippen LogP) is 2.73. The summed E-state index contributed by atoms with van der Waals surface area (Å²) in [6, 6.07) is 13.3. The van der Waals surface area contributed by atoms with E-state index in [0.717, 1.165) is 28.3 Å². The van der Waals surface area contributed by atoms with Gasteiger partial charge in [-0.15, -0.1) is 0 Å². The van der Waals surface area contributed by atoms with Gasteiger partial charge in [0.1, 0.15) is 5.75 Å². The molecule has 2 heterocycles. The number of nitrogens with zero attached hydrogens (tertiary/aromatic N) is 3. The van der Waals surface area contributed by atoms with Gasteiger partial charge in [0, 0.05) is 18.8 Å². The predicted molar refractivity (Wildman–Crippen MR) is 95.3 cm³/mol. The van der Waals surface area contributed by atoms with Crippen molar-refractivity contribution in [3.05, 3.63) is 65.6 Å². The third-order valence-corrected chi connectivity index (χ3v) is 3.90. The van der Waals surface area contributed by atoms with Crippen molar-refractivity contribution in [3.8, 4) is 17.0 Å². The number of carbonyl (C=O) groups is 1. The van der Waals surface area contributed by atoms with Gasteiger partial charge in [-0.05, 0) is 37.3 Å². The van der Waals surface area contributed by atoms with Gasteiger partial charge in [-0.1, -0.05) is 17.7 Å². The highest BCUT2D eigenvalue weighted by atomic mass is 16.5. The second-order valence-electron chi connectivity index (χ2n) is 5.75. The Labute approximate surface area is 146 Å². The zero-order chi connectivity index (χ0) is 17.8. The second kappa shape index (κ2) is 7.17. The minimum atomic E-state index is -0.237. The third-order valence-electron chi connectivity index (χ3n) is 3.90. The lowest BCUT2D eigenvalue weighted by atomic mass is 10.1. The first-order valence-electron chi connectivity index (χ1n) is 7.95. The maximum absolute atomic E-state index is 12.4. The van der Waals surface area contributed by atoms with Crippen LogP contribution in [0.25, 0.3) is 11.3 Å². The van der Waals surface area contributed by atoms with Crippen LogP contribution in [0.15, 0.2) is 48.7 Å². The highest BCUT2D eigenvalue weighted by molar-refractivity contribution is 5.93. The van der Waals surface area contributed by atoms with Crippen LogP contribution in [-0.2, 0) is 13.6 Å². The molecule has 0 fully saturated rings. The Morgan fingerprint density at radius 3 is 2.80 bits per heavy atom. The number of hydrogen-bond donors (Lipinski definition) is 1. The zero-order valence-corrected chi connectivity index (χ0v) is 14.5. The van der Waals surface area contributed by atoms with Gasteiger partial charge >= 0.3 is 0 Å². The van der Waals surface area contributed by atoms with Crippen molar-refractivity contribution in [2.45, 2.75) is 13.5 Å². The topological polar surface area (TPSA) is 69.0 Å². The van der Waals surface area contributed by atoms with Crippen LogP contribution in [0.3, 0.4) is 0 Å². The molecule has 6 nitrogen and oxygen atoms in total. The summed E-state index contributed by atoms with van der Waals surface area (Å²) < 4.78 is 7.12. The van der Waals surface area contributed by atoms with Crippen LogP contribution in [-0.4, -0.2) is 27.8 Å². The van der Waals surface area contributed by atoms with Gasteiger partial charge < -0.3 is 10.1 Å².